The van der Waals surface area contributed by atoms with Crippen molar-refractivity contribution in [1.29, 1.82) is 0 Å². The van der Waals surface area contributed by atoms with E-state index in [2.05, 4.69) is 10.5 Å². The molecule has 0 fully saturated rings. The number of nitrogens with one attached hydrogen (secondary N) is 1. The molecular weight excluding hydrogens is 328 g/mol. The van der Waals surface area contributed by atoms with Gasteiger partial charge in [-0.1, -0.05) is 12.1 Å². The number of hydrogen-bond donors (Lipinski definition) is 2. The summed E-state index contributed by atoms with van der Waals surface area (Å²) in [5.41, 5.74) is 8.52. The fourth-order valence-corrected chi connectivity index (χ4v) is 1.94. The number of primary amides is 1. The van der Waals surface area contributed by atoms with Crippen LogP contribution in [-0.4, -0.2) is 30.8 Å². The number of ether oxygens (including phenoxy) is 2. The molecule has 1 amide bonds. The Bertz CT molecular complexity index is 807. The SMILES string of the molecule is COc1cc(/C=N/Nc2ccccc2[N+](=O)[O-])ccc1OCC(N)=O. The van der Waals surface area contributed by atoms with E-state index in [4.69, 9.17) is 15.2 Å². The van der Waals surface area contributed by atoms with Gasteiger partial charge in [-0.05, 0) is 29.8 Å². The molecular formula is C16H16N4O5. The number of para-hydroxylation sites is 2. The van der Waals surface area contributed by atoms with Gasteiger partial charge in [0.1, 0.15) is 5.69 Å². The number of carbonyl (C=O) groups excluding carboxylic acids is 1. The van der Waals surface area contributed by atoms with Crippen LogP contribution in [0.4, 0.5) is 11.4 Å². The monoisotopic (exact) mass is 344 g/mol. The number of hydrogen-bond acceptors (Lipinski definition) is 7. The number of nitrogens with zero attached hydrogens (tertiary/aromatic N) is 2. The number of nitro benzene ring substituents is 1. The van der Waals surface area contributed by atoms with Gasteiger partial charge in [-0.2, -0.15) is 5.10 Å². The number of methoxy groups -OCH3 is 1. The lowest BCUT2D eigenvalue weighted by molar-refractivity contribution is -0.384. The Morgan fingerprint density at radius 2 is 2.08 bits per heavy atom. The molecule has 0 spiro atoms. The third-order valence-electron chi connectivity index (χ3n) is 3.06. The number of benzene rings is 2. The largest absolute Gasteiger partial charge is 0.493 e. The lowest BCUT2D eigenvalue weighted by Crippen LogP contribution is -2.20. The van der Waals surface area contributed by atoms with E-state index < -0.39 is 10.8 Å². The lowest BCUT2D eigenvalue weighted by Gasteiger charge is -2.09. The minimum absolute atomic E-state index is 0.0765. The molecule has 0 saturated carbocycles. The third-order valence-corrected chi connectivity index (χ3v) is 3.06. The smallest absolute Gasteiger partial charge is 0.294 e. The Kier molecular flexibility index (Phi) is 5.88. The fourth-order valence-electron chi connectivity index (χ4n) is 1.94. The molecule has 0 aliphatic rings. The Morgan fingerprint density at radius 1 is 1.32 bits per heavy atom. The molecule has 0 atom stereocenters. The molecule has 0 heterocycles. The molecule has 2 aromatic carbocycles. The number of carbonyl (C=O) groups is 1. The van der Waals surface area contributed by atoms with Gasteiger partial charge >= 0.3 is 0 Å². The molecule has 25 heavy (non-hydrogen) atoms. The molecule has 0 aliphatic heterocycles. The molecule has 0 aliphatic carbocycles. The van der Waals surface area contributed by atoms with Gasteiger partial charge in [0.25, 0.3) is 11.6 Å². The molecule has 3 N–H and O–H groups in total. The molecule has 130 valence electrons. The van der Waals surface area contributed by atoms with Crippen molar-refractivity contribution in [1.82, 2.24) is 0 Å². The fraction of sp³-hybridized carbons (Fsp3) is 0.125. The topological polar surface area (TPSA) is 129 Å². The number of hydrazone groups is 1. The van der Waals surface area contributed by atoms with Gasteiger partial charge in [0, 0.05) is 6.07 Å². The van der Waals surface area contributed by atoms with E-state index in [0.29, 0.717) is 17.1 Å². The van der Waals surface area contributed by atoms with Gasteiger partial charge in [-0.25, -0.2) is 0 Å². The summed E-state index contributed by atoms with van der Waals surface area (Å²) < 4.78 is 10.4. The van der Waals surface area contributed by atoms with Gasteiger partial charge in [-0.3, -0.25) is 20.3 Å². The lowest BCUT2D eigenvalue weighted by atomic mass is 10.2. The molecule has 2 aromatic rings. The van der Waals surface area contributed by atoms with E-state index in [1.54, 1.807) is 36.4 Å². The van der Waals surface area contributed by atoms with Crippen LogP contribution >= 0.6 is 0 Å². The predicted molar refractivity (Wildman–Crippen MR) is 92.0 cm³/mol. The van der Waals surface area contributed by atoms with Crippen LogP contribution in [0.25, 0.3) is 0 Å². The molecule has 0 bridgehead atoms. The molecule has 9 nitrogen and oxygen atoms in total. The van der Waals surface area contributed by atoms with Gasteiger partial charge in [0.15, 0.2) is 18.1 Å². The average molecular weight is 344 g/mol. The van der Waals surface area contributed by atoms with Crippen LogP contribution in [-0.2, 0) is 4.79 Å². The van der Waals surface area contributed by atoms with Crippen molar-refractivity contribution in [2.75, 3.05) is 19.1 Å². The zero-order valence-corrected chi connectivity index (χ0v) is 13.3. The molecule has 0 aromatic heterocycles. The molecule has 2 rings (SSSR count). The van der Waals surface area contributed by atoms with Crippen LogP contribution in [0.3, 0.4) is 0 Å². The van der Waals surface area contributed by atoms with Crippen LogP contribution in [0, 0.1) is 10.1 Å². The maximum Gasteiger partial charge on any atom is 0.294 e. The van der Waals surface area contributed by atoms with Crippen molar-refractivity contribution in [3.8, 4) is 11.5 Å². The van der Waals surface area contributed by atoms with Gasteiger partial charge in [-0.15, -0.1) is 0 Å². The molecule has 0 radical (unpaired) electrons. The van der Waals surface area contributed by atoms with Crippen molar-refractivity contribution in [3.05, 3.63) is 58.1 Å². The summed E-state index contributed by atoms with van der Waals surface area (Å²) >= 11 is 0. The Morgan fingerprint density at radius 3 is 2.76 bits per heavy atom. The first kappa shape index (κ1) is 17.7. The number of anilines is 1. The van der Waals surface area contributed by atoms with E-state index in [1.165, 1.54) is 19.4 Å². The predicted octanol–water partition coefficient (Wildman–Crippen LogP) is 1.91. The maximum atomic E-state index is 10.9. The molecule has 0 unspecified atom stereocenters. The van der Waals surface area contributed by atoms with Crippen molar-refractivity contribution >= 4 is 23.5 Å². The van der Waals surface area contributed by atoms with Crippen LogP contribution in [0.1, 0.15) is 5.56 Å². The number of nitrogens with two attached hydrogens (primary N) is 1. The summed E-state index contributed by atoms with van der Waals surface area (Å²) in [6, 6.07) is 11.1. The van der Waals surface area contributed by atoms with E-state index in [1.807, 2.05) is 0 Å². The van der Waals surface area contributed by atoms with Crippen molar-refractivity contribution in [2.45, 2.75) is 0 Å². The van der Waals surface area contributed by atoms with E-state index in [-0.39, 0.29) is 18.0 Å². The Hall–Kier alpha value is -3.62. The normalized spacial score (nSPS) is 10.4. The van der Waals surface area contributed by atoms with Crippen LogP contribution in [0.2, 0.25) is 0 Å². The zero-order chi connectivity index (χ0) is 18.2. The van der Waals surface area contributed by atoms with Crippen molar-refractivity contribution in [3.63, 3.8) is 0 Å². The van der Waals surface area contributed by atoms with Gasteiger partial charge < -0.3 is 15.2 Å². The summed E-state index contributed by atoms with van der Waals surface area (Å²) in [7, 11) is 1.46. The molecule has 9 heteroatoms. The van der Waals surface area contributed by atoms with Crippen LogP contribution in [0.15, 0.2) is 47.6 Å². The first-order valence-electron chi connectivity index (χ1n) is 7.13. The second-order valence-electron chi connectivity index (χ2n) is 4.81. The summed E-state index contributed by atoms with van der Waals surface area (Å²) in [4.78, 5) is 21.2. The average Bonchev–Trinajstić information content (AvgIpc) is 2.60. The minimum atomic E-state index is -0.596. The quantitative estimate of drug-likeness (QED) is 0.427. The summed E-state index contributed by atoms with van der Waals surface area (Å²) in [6.07, 6.45) is 1.47. The Labute approximate surface area is 143 Å². The highest BCUT2D eigenvalue weighted by atomic mass is 16.6. The highest BCUT2D eigenvalue weighted by Gasteiger charge is 2.11. The number of rotatable bonds is 8. The second-order valence-corrected chi connectivity index (χ2v) is 4.81. The second kappa shape index (κ2) is 8.29. The first-order valence-corrected chi connectivity index (χ1v) is 7.13. The third kappa shape index (κ3) is 4.93. The first-order chi connectivity index (χ1) is 12.0. The Balaban J connectivity index is 2.11. The van der Waals surface area contributed by atoms with Gasteiger partial charge in [0.05, 0.1) is 18.2 Å². The summed E-state index contributed by atoms with van der Waals surface area (Å²) in [6.45, 7) is -0.261. The number of amides is 1. The highest BCUT2D eigenvalue weighted by Crippen LogP contribution is 2.27. The van der Waals surface area contributed by atoms with E-state index >= 15 is 0 Å². The zero-order valence-electron chi connectivity index (χ0n) is 13.3. The summed E-state index contributed by atoms with van der Waals surface area (Å²) in [5.74, 6) is 0.169. The summed E-state index contributed by atoms with van der Waals surface area (Å²) in [5, 5.41) is 14.9. The standard InChI is InChI=1S/C16H16N4O5/c1-24-15-8-11(6-7-14(15)25-10-16(17)21)9-18-19-12-4-2-3-5-13(12)20(22)23/h2-9,19H,10H2,1H3,(H2,17,21)/b18-9+. The van der Waals surface area contributed by atoms with E-state index in [9.17, 15) is 14.9 Å². The van der Waals surface area contributed by atoms with Crippen LogP contribution < -0.4 is 20.6 Å². The molecule has 0 saturated heterocycles. The maximum absolute atomic E-state index is 10.9. The van der Waals surface area contributed by atoms with E-state index in [0.717, 1.165) is 0 Å². The highest BCUT2D eigenvalue weighted by molar-refractivity contribution is 5.82. The van der Waals surface area contributed by atoms with Crippen molar-refractivity contribution < 1.29 is 19.2 Å². The van der Waals surface area contributed by atoms with Crippen LogP contribution in [0.5, 0.6) is 11.5 Å². The number of nitro groups is 1. The van der Waals surface area contributed by atoms with Gasteiger partial charge in [0.2, 0.25) is 0 Å². The van der Waals surface area contributed by atoms with Crippen molar-refractivity contribution in [2.24, 2.45) is 10.8 Å². The minimum Gasteiger partial charge on any atom is -0.493 e.